The molecule has 0 aliphatic carbocycles. The van der Waals surface area contributed by atoms with E-state index >= 15 is 0 Å². The van der Waals surface area contributed by atoms with Crippen molar-refractivity contribution in [2.75, 3.05) is 5.32 Å². The molecule has 0 unspecified atom stereocenters. The van der Waals surface area contributed by atoms with Gasteiger partial charge in [0.25, 0.3) is 0 Å². The Hall–Kier alpha value is -2.46. The third-order valence-electron chi connectivity index (χ3n) is 3.04. The van der Waals surface area contributed by atoms with Crippen LogP contribution in [-0.4, -0.2) is 0 Å². The van der Waals surface area contributed by atoms with Gasteiger partial charge in [0.15, 0.2) is 0 Å². The maximum absolute atomic E-state index is 4.24. The molecule has 0 spiro atoms. The first kappa shape index (κ1) is 14.5. The number of hydrogen-bond donors (Lipinski definition) is 1. The Labute approximate surface area is 137 Å². The maximum atomic E-state index is 4.24. The predicted molar refractivity (Wildman–Crippen MR) is 94.5 cm³/mol. The number of halogens is 1. The van der Waals surface area contributed by atoms with Crippen molar-refractivity contribution in [3.05, 3.63) is 83.3 Å². The third kappa shape index (κ3) is 4.02. The van der Waals surface area contributed by atoms with Crippen LogP contribution in [0.2, 0.25) is 0 Å². The van der Waals surface area contributed by atoms with E-state index < -0.39 is 0 Å². The normalized spacial score (nSPS) is 10.8. The van der Waals surface area contributed by atoms with Gasteiger partial charge in [-0.05, 0) is 60.7 Å². The minimum atomic E-state index is 0.821. The molecule has 22 heavy (non-hydrogen) atoms. The Kier molecular flexibility index (Phi) is 4.61. The molecule has 0 aromatic heterocycles. The molecular weight excluding hydrogens is 338 g/mol. The number of anilines is 2. The van der Waals surface area contributed by atoms with Gasteiger partial charge in [-0.15, -0.1) is 0 Å². The van der Waals surface area contributed by atoms with E-state index in [2.05, 4.69) is 31.5 Å². The van der Waals surface area contributed by atoms with Gasteiger partial charge in [-0.3, -0.25) is 0 Å². The molecule has 0 heterocycles. The van der Waals surface area contributed by atoms with Gasteiger partial charge >= 0.3 is 0 Å². The van der Waals surface area contributed by atoms with Gasteiger partial charge < -0.3 is 5.32 Å². The average molecular weight is 352 g/mol. The van der Waals surface area contributed by atoms with Gasteiger partial charge in [-0.2, -0.15) is 10.2 Å². The van der Waals surface area contributed by atoms with Crippen LogP contribution >= 0.6 is 15.9 Å². The number of rotatable bonds is 4. The van der Waals surface area contributed by atoms with Crippen LogP contribution in [0.15, 0.2) is 93.6 Å². The average Bonchev–Trinajstić information content (AvgIpc) is 2.57. The number of nitrogens with zero attached hydrogens (tertiary/aromatic N) is 2. The lowest BCUT2D eigenvalue weighted by molar-refractivity contribution is 1.23. The second-order valence-corrected chi connectivity index (χ2v) is 5.63. The van der Waals surface area contributed by atoms with Crippen LogP contribution in [0.1, 0.15) is 0 Å². The summed E-state index contributed by atoms with van der Waals surface area (Å²) in [4.78, 5) is 0. The standard InChI is InChI=1S/C18H14BrN3/c19-14-6-8-17(9-7-14)21-22-18-12-10-16(11-13-18)20-15-4-2-1-3-5-15/h1-13,20H. The number of hydrogen-bond acceptors (Lipinski definition) is 3. The van der Waals surface area contributed by atoms with Crippen molar-refractivity contribution in [1.82, 2.24) is 0 Å². The number of benzene rings is 3. The molecule has 3 aromatic rings. The fourth-order valence-electron chi connectivity index (χ4n) is 1.92. The zero-order chi connectivity index (χ0) is 15.2. The van der Waals surface area contributed by atoms with Crippen LogP contribution in [0.25, 0.3) is 0 Å². The van der Waals surface area contributed by atoms with Gasteiger partial charge in [0.2, 0.25) is 0 Å². The molecule has 0 atom stereocenters. The summed E-state index contributed by atoms with van der Waals surface area (Å²) in [7, 11) is 0. The van der Waals surface area contributed by atoms with Gasteiger partial charge in [0, 0.05) is 15.8 Å². The van der Waals surface area contributed by atoms with Crippen LogP contribution in [0, 0.1) is 0 Å². The van der Waals surface area contributed by atoms with E-state index in [1.165, 1.54) is 0 Å². The smallest absolute Gasteiger partial charge is 0.0858 e. The molecule has 3 aromatic carbocycles. The Balaban J connectivity index is 1.67. The Morgan fingerprint density at radius 2 is 1.09 bits per heavy atom. The fourth-order valence-corrected chi connectivity index (χ4v) is 2.19. The second kappa shape index (κ2) is 7.00. The molecule has 1 N–H and O–H groups in total. The van der Waals surface area contributed by atoms with Crippen LogP contribution in [-0.2, 0) is 0 Å². The first-order chi connectivity index (χ1) is 10.8. The monoisotopic (exact) mass is 351 g/mol. The molecule has 0 saturated carbocycles. The van der Waals surface area contributed by atoms with E-state index in [1.807, 2.05) is 78.9 Å². The summed E-state index contributed by atoms with van der Waals surface area (Å²) in [5.74, 6) is 0. The minimum absolute atomic E-state index is 0.821. The van der Waals surface area contributed by atoms with Crippen LogP contribution in [0.4, 0.5) is 22.7 Å². The molecule has 0 amide bonds. The Morgan fingerprint density at radius 3 is 1.68 bits per heavy atom. The first-order valence-corrected chi connectivity index (χ1v) is 7.68. The summed E-state index contributed by atoms with van der Waals surface area (Å²) in [5.41, 5.74) is 3.73. The molecule has 0 fully saturated rings. The largest absolute Gasteiger partial charge is 0.356 e. The minimum Gasteiger partial charge on any atom is -0.356 e. The second-order valence-electron chi connectivity index (χ2n) is 4.71. The molecular formula is C18H14BrN3. The summed E-state index contributed by atoms with van der Waals surface area (Å²) in [6.45, 7) is 0. The van der Waals surface area contributed by atoms with Crippen molar-refractivity contribution in [3.63, 3.8) is 0 Å². The Bertz CT molecular complexity index is 751. The summed E-state index contributed by atoms with van der Waals surface area (Å²) >= 11 is 3.40. The van der Waals surface area contributed by atoms with Gasteiger partial charge in [-0.25, -0.2) is 0 Å². The lowest BCUT2D eigenvalue weighted by atomic mass is 10.2. The van der Waals surface area contributed by atoms with Gasteiger partial charge in [0.1, 0.15) is 0 Å². The molecule has 108 valence electrons. The number of para-hydroxylation sites is 1. The number of nitrogens with one attached hydrogen (secondary N) is 1. The lowest BCUT2D eigenvalue weighted by Crippen LogP contribution is -1.88. The molecule has 3 rings (SSSR count). The highest BCUT2D eigenvalue weighted by Crippen LogP contribution is 2.23. The molecule has 0 radical (unpaired) electrons. The summed E-state index contributed by atoms with van der Waals surface area (Å²) < 4.78 is 1.03. The SMILES string of the molecule is Brc1ccc(N=Nc2ccc(Nc3ccccc3)cc2)cc1. The van der Waals surface area contributed by atoms with Crippen molar-refractivity contribution >= 4 is 38.7 Å². The molecule has 3 nitrogen and oxygen atoms in total. The third-order valence-corrected chi connectivity index (χ3v) is 3.57. The van der Waals surface area contributed by atoms with Crippen molar-refractivity contribution in [2.24, 2.45) is 10.2 Å². The van der Waals surface area contributed by atoms with Crippen LogP contribution in [0.5, 0.6) is 0 Å². The molecule has 0 saturated heterocycles. The molecule has 0 bridgehead atoms. The summed E-state index contributed by atoms with van der Waals surface area (Å²) in [5, 5.41) is 11.8. The van der Waals surface area contributed by atoms with E-state index in [4.69, 9.17) is 0 Å². The lowest BCUT2D eigenvalue weighted by Gasteiger charge is -2.05. The number of azo groups is 1. The molecule has 0 aliphatic heterocycles. The highest BCUT2D eigenvalue weighted by atomic mass is 79.9. The first-order valence-electron chi connectivity index (χ1n) is 6.89. The van der Waals surface area contributed by atoms with Crippen LogP contribution < -0.4 is 5.32 Å². The van der Waals surface area contributed by atoms with Crippen molar-refractivity contribution in [2.45, 2.75) is 0 Å². The van der Waals surface area contributed by atoms with E-state index in [0.29, 0.717) is 0 Å². The summed E-state index contributed by atoms with van der Waals surface area (Å²) in [6, 6.07) is 25.6. The van der Waals surface area contributed by atoms with Crippen molar-refractivity contribution in [1.29, 1.82) is 0 Å². The quantitative estimate of drug-likeness (QED) is 0.527. The van der Waals surface area contributed by atoms with E-state index in [-0.39, 0.29) is 0 Å². The van der Waals surface area contributed by atoms with Crippen molar-refractivity contribution < 1.29 is 0 Å². The summed E-state index contributed by atoms with van der Waals surface area (Å²) in [6.07, 6.45) is 0. The van der Waals surface area contributed by atoms with Gasteiger partial charge in [0.05, 0.1) is 11.4 Å². The highest BCUT2D eigenvalue weighted by molar-refractivity contribution is 9.10. The molecule has 0 aliphatic rings. The topological polar surface area (TPSA) is 36.8 Å². The van der Waals surface area contributed by atoms with E-state index in [9.17, 15) is 0 Å². The maximum Gasteiger partial charge on any atom is 0.0858 e. The zero-order valence-electron chi connectivity index (χ0n) is 11.8. The van der Waals surface area contributed by atoms with E-state index in [0.717, 1.165) is 27.2 Å². The van der Waals surface area contributed by atoms with Crippen molar-refractivity contribution in [3.8, 4) is 0 Å². The van der Waals surface area contributed by atoms with Gasteiger partial charge in [-0.1, -0.05) is 34.1 Å². The van der Waals surface area contributed by atoms with E-state index in [1.54, 1.807) is 0 Å². The van der Waals surface area contributed by atoms with Crippen LogP contribution in [0.3, 0.4) is 0 Å². The molecule has 4 heteroatoms. The highest BCUT2D eigenvalue weighted by Gasteiger charge is 1.95. The Morgan fingerprint density at radius 1 is 0.591 bits per heavy atom. The fraction of sp³-hybridized carbons (Fsp3) is 0. The zero-order valence-corrected chi connectivity index (χ0v) is 13.4. The predicted octanol–water partition coefficient (Wildman–Crippen LogP) is 6.61.